The van der Waals surface area contributed by atoms with Gasteiger partial charge in [0.1, 0.15) is 0 Å². The molecule has 1 amide bonds. The zero-order valence-electron chi connectivity index (χ0n) is 23.4. The Morgan fingerprint density at radius 2 is 1.58 bits per heavy atom. The van der Waals surface area contributed by atoms with Crippen molar-refractivity contribution in [2.45, 2.75) is 126 Å². The van der Waals surface area contributed by atoms with E-state index in [0.29, 0.717) is 18.8 Å². The molecule has 0 aromatic carbocycles. The van der Waals surface area contributed by atoms with Gasteiger partial charge in [-0.2, -0.15) is 0 Å². The van der Waals surface area contributed by atoms with E-state index in [-0.39, 0.29) is 35.1 Å². The Labute approximate surface area is 205 Å². The van der Waals surface area contributed by atoms with Gasteiger partial charge in [-0.15, -0.1) is 0 Å². The van der Waals surface area contributed by atoms with Crippen molar-refractivity contribution in [1.82, 2.24) is 10.2 Å². The minimum Gasteiger partial charge on any atom is -0.481 e. The van der Waals surface area contributed by atoms with Gasteiger partial charge in [-0.1, -0.05) is 81.6 Å². The van der Waals surface area contributed by atoms with Crippen LogP contribution >= 0.6 is 0 Å². The van der Waals surface area contributed by atoms with Gasteiger partial charge in [-0.05, 0) is 55.4 Å². The van der Waals surface area contributed by atoms with Gasteiger partial charge in [0.15, 0.2) is 0 Å². The van der Waals surface area contributed by atoms with Gasteiger partial charge in [0.2, 0.25) is 5.91 Å². The van der Waals surface area contributed by atoms with Crippen LogP contribution in [0.4, 0.5) is 0 Å². The van der Waals surface area contributed by atoms with Crippen molar-refractivity contribution in [3.05, 3.63) is 0 Å². The van der Waals surface area contributed by atoms with Crippen LogP contribution in [0.3, 0.4) is 0 Å². The molecular weight excluding hydrogens is 412 g/mol. The molecular formula is C28H56N2O3. The highest BCUT2D eigenvalue weighted by Gasteiger charge is 2.36. The number of carbonyl (C=O) groups excluding carboxylic acids is 1. The second kappa shape index (κ2) is 15.7. The van der Waals surface area contributed by atoms with Crippen molar-refractivity contribution in [3.63, 3.8) is 0 Å². The molecule has 2 N–H and O–H groups in total. The summed E-state index contributed by atoms with van der Waals surface area (Å²) >= 11 is 0. The van der Waals surface area contributed by atoms with E-state index in [4.69, 9.17) is 5.11 Å². The predicted octanol–water partition coefficient (Wildman–Crippen LogP) is 6.75. The van der Waals surface area contributed by atoms with E-state index < -0.39 is 5.97 Å². The number of likely N-dealkylation sites (N-methyl/N-ethyl adjacent to an activating group) is 1. The zero-order chi connectivity index (χ0) is 25.7. The largest absolute Gasteiger partial charge is 0.481 e. The standard InChI is InChI=1S/C28H56N2O3/c1-10-16-22(17-15-18-25(31)32)26(33)30(20-24(12-3)29-14-5)19-23(11-2)28(8,9)21-27(6,7)13-4/h22-24,29H,10-21H2,1-9H3,(H,31,32). The Morgan fingerprint density at radius 3 is 2.03 bits per heavy atom. The highest BCUT2D eigenvalue weighted by molar-refractivity contribution is 5.79. The van der Waals surface area contributed by atoms with E-state index >= 15 is 0 Å². The molecule has 0 fully saturated rings. The van der Waals surface area contributed by atoms with Crippen LogP contribution in [0.1, 0.15) is 120 Å². The molecule has 0 saturated heterocycles. The fourth-order valence-corrected chi connectivity index (χ4v) is 5.34. The van der Waals surface area contributed by atoms with Crippen LogP contribution in [0, 0.1) is 22.7 Å². The topological polar surface area (TPSA) is 69.6 Å². The molecule has 0 aliphatic heterocycles. The summed E-state index contributed by atoms with van der Waals surface area (Å²) in [5, 5.41) is 12.6. The third-order valence-corrected chi connectivity index (χ3v) is 7.60. The number of nitrogens with zero attached hydrogens (tertiary/aromatic N) is 1. The second-order valence-corrected chi connectivity index (χ2v) is 11.5. The van der Waals surface area contributed by atoms with Crippen molar-refractivity contribution in [2.75, 3.05) is 19.6 Å². The Balaban J connectivity index is 5.79. The second-order valence-electron chi connectivity index (χ2n) is 11.5. The number of hydrogen-bond acceptors (Lipinski definition) is 3. The molecule has 0 spiro atoms. The first kappa shape index (κ1) is 31.9. The highest BCUT2D eigenvalue weighted by atomic mass is 16.4. The molecule has 0 aromatic rings. The van der Waals surface area contributed by atoms with Crippen LogP contribution in [0.25, 0.3) is 0 Å². The minimum atomic E-state index is -0.779. The van der Waals surface area contributed by atoms with Crippen LogP contribution in [0.2, 0.25) is 0 Å². The smallest absolute Gasteiger partial charge is 0.303 e. The average Bonchev–Trinajstić information content (AvgIpc) is 2.73. The van der Waals surface area contributed by atoms with Gasteiger partial charge in [0.05, 0.1) is 0 Å². The number of rotatable bonds is 19. The summed E-state index contributed by atoms with van der Waals surface area (Å²) in [7, 11) is 0. The lowest BCUT2D eigenvalue weighted by Crippen LogP contribution is -2.49. The highest BCUT2D eigenvalue weighted by Crippen LogP contribution is 2.42. The molecule has 0 rings (SSSR count). The summed E-state index contributed by atoms with van der Waals surface area (Å²) in [6, 6.07) is 0.285. The summed E-state index contributed by atoms with van der Waals surface area (Å²) in [4.78, 5) is 27.0. The molecule has 0 bridgehead atoms. The molecule has 3 atom stereocenters. The molecule has 5 nitrogen and oxygen atoms in total. The summed E-state index contributed by atoms with van der Waals surface area (Å²) in [5.74, 6) is -0.212. The fourth-order valence-electron chi connectivity index (χ4n) is 5.34. The van der Waals surface area contributed by atoms with Crippen molar-refractivity contribution in [1.29, 1.82) is 0 Å². The molecule has 0 aliphatic rings. The molecule has 196 valence electrons. The number of amides is 1. The van der Waals surface area contributed by atoms with E-state index in [9.17, 15) is 9.59 Å². The Morgan fingerprint density at radius 1 is 0.939 bits per heavy atom. The Kier molecular flexibility index (Phi) is 15.2. The first-order chi connectivity index (χ1) is 15.4. The maximum Gasteiger partial charge on any atom is 0.303 e. The van der Waals surface area contributed by atoms with E-state index in [1.54, 1.807) is 0 Å². The number of nitrogens with one attached hydrogen (secondary N) is 1. The number of carboxylic acids is 1. The number of aliphatic carboxylic acids is 1. The van der Waals surface area contributed by atoms with E-state index in [1.165, 1.54) is 0 Å². The van der Waals surface area contributed by atoms with E-state index in [0.717, 1.165) is 58.2 Å². The lowest BCUT2D eigenvalue weighted by molar-refractivity contribution is -0.140. The monoisotopic (exact) mass is 468 g/mol. The lowest BCUT2D eigenvalue weighted by atomic mass is 9.66. The summed E-state index contributed by atoms with van der Waals surface area (Å²) < 4.78 is 0. The van der Waals surface area contributed by atoms with Crippen LogP contribution in [-0.4, -0.2) is 47.6 Å². The van der Waals surface area contributed by atoms with E-state index in [1.807, 2.05) is 0 Å². The normalized spacial score (nSPS) is 15.2. The maximum atomic E-state index is 13.8. The summed E-state index contributed by atoms with van der Waals surface area (Å²) in [5.41, 5.74) is 0.416. The van der Waals surface area contributed by atoms with Crippen LogP contribution in [0.15, 0.2) is 0 Å². The van der Waals surface area contributed by atoms with Crippen molar-refractivity contribution in [2.24, 2.45) is 22.7 Å². The molecule has 0 radical (unpaired) electrons. The molecule has 0 aliphatic carbocycles. The number of carbonyl (C=O) groups is 2. The van der Waals surface area contributed by atoms with Gasteiger partial charge >= 0.3 is 5.97 Å². The number of carboxylic acid groups (broad SMARTS) is 1. The van der Waals surface area contributed by atoms with Gasteiger partial charge in [-0.3, -0.25) is 9.59 Å². The van der Waals surface area contributed by atoms with Gasteiger partial charge in [0.25, 0.3) is 0 Å². The molecule has 5 heteroatoms. The van der Waals surface area contributed by atoms with Crippen molar-refractivity contribution >= 4 is 11.9 Å². The average molecular weight is 469 g/mol. The van der Waals surface area contributed by atoms with Gasteiger partial charge in [-0.25, -0.2) is 0 Å². The Bertz CT molecular complexity index is 559. The number of hydrogen-bond donors (Lipinski definition) is 2. The summed E-state index contributed by atoms with van der Waals surface area (Å²) in [6.07, 6.45) is 7.46. The van der Waals surface area contributed by atoms with Crippen molar-refractivity contribution < 1.29 is 14.7 Å². The van der Waals surface area contributed by atoms with E-state index in [2.05, 4.69) is 72.5 Å². The van der Waals surface area contributed by atoms with Crippen molar-refractivity contribution in [3.8, 4) is 0 Å². The third-order valence-electron chi connectivity index (χ3n) is 7.60. The van der Waals surface area contributed by atoms with Gasteiger partial charge in [0, 0.05) is 31.5 Å². The molecule has 33 heavy (non-hydrogen) atoms. The first-order valence-electron chi connectivity index (χ1n) is 13.6. The fraction of sp³-hybridized carbons (Fsp3) is 0.929. The lowest BCUT2D eigenvalue weighted by Gasteiger charge is -2.43. The van der Waals surface area contributed by atoms with Crippen LogP contribution in [0.5, 0.6) is 0 Å². The SMILES string of the molecule is CCCC(CCCC(=O)O)C(=O)N(CC(CC)NCC)CC(CC)C(C)(C)CC(C)(C)CC. The van der Waals surface area contributed by atoms with Gasteiger partial charge < -0.3 is 15.3 Å². The minimum absolute atomic E-state index is 0.0822. The molecule has 3 unspecified atom stereocenters. The Hall–Kier alpha value is -1.10. The third kappa shape index (κ3) is 12.2. The summed E-state index contributed by atoms with van der Waals surface area (Å²) in [6.45, 7) is 22.8. The van der Waals surface area contributed by atoms with Crippen LogP contribution in [-0.2, 0) is 9.59 Å². The van der Waals surface area contributed by atoms with Crippen LogP contribution < -0.4 is 5.32 Å². The predicted molar refractivity (Wildman–Crippen MR) is 140 cm³/mol. The molecule has 0 heterocycles. The quantitative estimate of drug-likeness (QED) is 0.220. The zero-order valence-corrected chi connectivity index (χ0v) is 23.4. The molecule has 0 aromatic heterocycles. The molecule has 0 saturated carbocycles. The first-order valence-corrected chi connectivity index (χ1v) is 13.6. The maximum absolute atomic E-state index is 13.8.